The average Bonchev–Trinajstić information content (AvgIpc) is 2.65. The van der Waals surface area contributed by atoms with Crippen LogP contribution in [0.15, 0.2) is 46.9 Å². The lowest BCUT2D eigenvalue weighted by Crippen LogP contribution is -2.01. The van der Waals surface area contributed by atoms with E-state index in [0.29, 0.717) is 5.58 Å². The van der Waals surface area contributed by atoms with Gasteiger partial charge in [-0.1, -0.05) is 24.3 Å². The van der Waals surface area contributed by atoms with Crippen molar-refractivity contribution >= 4 is 27.9 Å². The van der Waals surface area contributed by atoms with Gasteiger partial charge >= 0.3 is 6.16 Å². The molecular weight excluding hydrogens is 220 g/mol. The quantitative estimate of drug-likeness (QED) is 0.646. The Balaban J connectivity index is 2.21. The molecule has 0 radical (unpaired) electrons. The van der Waals surface area contributed by atoms with Gasteiger partial charge in [0.05, 0.1) is 0 Å². The summed E-state index contributed by atoms with van der Waals surface area (Å²) in [7, 11) is 0. The Labute approximate surface area is 96.0 Å². The lowest BCUT2D eigenvalue weighted by molar-refractivity contribution is 0.134. The fourth-order valence-corrected chi connectivity index (χ4v) is 1.84. The molecule has 1 N–H and O–H groups in total. The second-order valence-corrected chi connectivity index (χ2v) is 3.67. The van der Waals surface area contributed by atoms with Crippen molar-refractivity contribution in [1.82, 2.24) is 0 Å². The molecule has 1 heterocycles. The van der Waals surface area contributed by atoms with Gasteiger partial charge in [-0.25, -0.2) is 4.79 Å². The lowest BCUT2D eigenvalue weighted by atomic mass is 10.1. The standard InChI is InChI=1S/C13H8O4/c14-13(15)17-12-7-10-5-8-3-1-2-4-9(8)6-11(10)16-12/h1-7H,(H,14,15). The van der Waals surface area contributed by atoms with Crippen LogP contribution in [-0.4, -0.2) is 11.3 Å². The zero-order chi connectivity index (χ0) is 11.8. The van der Waals surface area contributed by atoms with Crippen molar-refractivity contribution in [2.45, 2.75) is 0 Å². The number of fused-ring (bicyclic) bond motifs is 2. The summed E-state index contributed by atoms with van der Waals surface area (Å²) in [5.41, 5.74) is 0.611. The minimum absolute atomic E-state index is 0.0113. The molecule has 0 unspecified atom stereocenters. The Hall–Kier alpha value is -2.49. The molecule has 3 aromatic rings. The fraction of sp³-hybridized carbons (Fsp3) is 0. The third kappa shape index (κ3) is 1.69. The van der Waals surface area contributed by atoms with Crippen LogP contribution in [-0.2, 0) is 0 Å². The second kappa shape index (κ2) is 3.52. The lowest BCUT2D eigenvalue weighted by Gasteiger charge is -1.95. The number of rotatable bonds is 1. The monoisotopic (exact) mass is 228 g/mol. The summed E-state index contributed by atoms with van der Waals surface area (Å²) in [5.74, 6) is -0.0113. The van der Waals surface area contributed by atoms with Crippen LogP contribution in [0.2, 0.25) is 0 Å². The molecule has 0 bridgehead atoms. The highest BCUT2D eigenvalue weighted by Gasteiger charge is 2.09. The highest BCUT2D eigenvalue weighted by atomic mass is 16.7. The van der Waals surface area contributed by atoms with Crippen molar-refractivity contribution in [1.29, 1.82) is 0 Å². The first-order valence-corrected chi connectivity index (χ1v) is 5.05. The highest BCUT2D eigenvalue weighted by Crippen LogP contribution is 2.29. The fourth-order valence-electron chi connectivity index (χ4n) is 1.84. The summed E-state index contributed by atoms with van der Waals surface area (Å²) in [6.07, 6.45) is -1.38. The third-order valence-electron chi connectivity index (χ3n) is 2.55. The third-order valence-corrected chi connectivity index (χ3v) is 2.55. The average molecular weight is 228 g/mol. The number of ether oxygens (including phenoxy) is 1. The van der Waals surface area contributed by atoms with Gasteiger partial charge < -0.3 is 14.3 Å². The van der Waals surface area contributed by atoms with Crippen LogP contribution in [0.1, 0.15) is 0 Å². The molecule has 0 aliphatic carbocycles. The van der Waals surface area contributed by atoms with Crippen molar-refractivity contribution in [3.63, 3.8) is 0 Å². The predicted octanol–water partition coefficient (Wildman–Crippen LogP) is 3.64. The van der Waals surface area contributed by atoms with E-state index in [1.54, 1.807) is 6.07 Å². The van der Waals surface area contributed by atoms with Crippen molar-refractivity contribution in [2.24, 2.45) is 0 Å². The van der Waals surface area contributed by atoms with Gasteiger partial charge in [-0.2, -0.15) is 0 Å². The molecule has 84 valence electrons. The first kappa shape index (κ1) is 9.72. The van der Waals surface area contributed by atoms with E-state index in [2.05, 4.69) is 4.74 Å². The van der Waals surface area contributed by atoms with E-state index in [1.807, 2.05) is 36.4 Å². The van der Waals surface area contributed by atoms with Crippen molar-refractivity contribution in [3.05, 3.63) is 42.5 Å². The number of carbonyl (C=O) groups is 1. The maximum absolute atomic E-state index is 10.4. The summed E-state index contributed by atoms with van der Waals surface area (Å²) in [6, 6.07) is 13.2. The summed E-state index contributed by atoms with van der Waals surface area (Å²) in [4.78, 5) is 10.4. The van der Waals surface area contributed by atoms with Gasteiger partial charge in [-0.15, -0.1) is 0 Å². The Morgan fingerprint density at radius 2 is 1.76 bits per heavy atom. The van der Waals surface area contributed by atoms with Crippen molar-refractivity contribution < 1.29 is 19.1 Å². The van der Waals surface area contributed by atoms with Crippen LogP contribution in [0.4, 0.5) is 4.79 Å². The van der Waals surface area contributed by atoms with Gasteiger partial charge in [-0.3, -0.25) is 0 Å². The summed E-state index contributed by atoms with van der Waals surface area (Å²) in [6.45, 7) is 0. The van der Waals surface area contributed by atoms with Gasteiger partial charge in [-0.05, 0) is 22.9 Å². The smallest absolute Gasteiger partial charge is 0.449 e. The van der Waals surface area contributed by atoms with Crippen molar-refractivity contribution in [3.8, 4) is 5.95 Å². The molecule has 2 aromatic carbocycles. The minimum atomic E-state index is -1.38. The van der Waals surface area contributed by atoms with E-state index in [1.165, 1.54) is 0 Å². The Morgan fingerprint density at radius 1 is 1.06 bits per heavy atom. The van der Waals surface area contributed by atoms with Crippen LogP contribution in [0, 0.1) is 0 Å². The zero-order valence-corrected chi connectivity index (χ0v) is 8.71. The predicted molar refractivity (Wildman–Crippen MR) is 62.4 cm³/mol. The maximum Gasteiger partial charge on any atom is 0.513 e. The molecule has 0 amide bonds. The van der Waals surface area contributed by atoms with Gasteiger partial charge in [0.1, 0.15) is 5.58 Å². The van der Waals surface area contributed by atoms with E-state index < -0.39 is 6.16 Å². The minimum Gasteiger partial charge on any atom is -0.449 e. The summed E-state index contributed by atoms with van der Waals surface area (Å²) >= 11 is 0. The molecule has 0 spiro atoms. The Morgan fingerprint density at radius 3 is 2.47 bits per heavy atom. The second-order valence-electron chi connectivity index (χ2n) is 3.67. The van der Waals surface area contributed by atoms with E-state index in [0.717, 1.165) is 16.2 Å². The first-order chi connectivity index (χ1) is 8.22. The topological polar surface area (TPSA) is 59.7 Å². The van der Waals surface area contributed by atoms with Crippen LogP contribution in [0.3, 0.4) is 0 Å². The first-order valence-electron chi connectivity index (χ1n) is 5.05. The Kier molecular flexibility index (Phi) is 2.01. The van der Waals surface area contributed by atoms with Crippen LogP contribution in [0.5, 0.6) is 5.95 Å². The number of hydrogen-bond donors (Lipinski definition) is 1. The number of hydrogen-bond acceptors (Lipinski definition) is 3. The number of carboxylic acid groups (broad SMARTS) is 1. The normalized spacial score (nSPS) is 10.8. The van der Waals surface area contributed by atoms with Crippen LogP contribution < -0.4 is 4.74 Å². The molecule has 17 heavy (non-hydrogen) atoms. The van der Waals surface area contributed by atoms with Gasteiger partial charge in [0, 0.05) is 11.5 Å². The van der Waals surface area contributed by atoms with Gasteiger partial charge in [0.25, 0.3) is 5.95 Å². The molecule has 0 saturated heterocycles. The summed E-state index contributed by atoms with van der Waals surface area (Å²) in [5, 5.41) is 11.4. The zero-order valence-electron chi connectivity index (χ0n) is 8.71. The molecule has 3 rings (SSSR count). The largest absolute Gasteiger partial charge is 0.513 e. The van der Waals surface area contributed by atoms with Crippen molar-refractivity contribution in [2.75, 3.05) is 0 Å². The molecule has 4 nitrogen and oxygen atoms in total. The number of benzene rings is 2. The van der Waals surface area contributed by atoms with E-state index in [4.69, 9.17) is 9.52 Å². The molecule has 0 atom stereocenters. The van der Waals surface area contributed by atoms with Crippen LogP contribution in [0.25, 0.3) is 21.7 Å². The Bertz CT molecular complexity index is 659. The molecule has 0 aliphatic rings. The van der Waals surface area contributed by atoms with Gasteiger partial charge in [0.2, 0.25) is 0 Å². The molecule has 0 fully saturated rings. The maximum atomic E-state index is 10.4. The SMILES string of the molecule is O=C(O)Oc1cc2cc3ccccc3cc2o1. The van der Waals surface area contributed by atoms with Gasteiger partial charge in [0.15, 0.2) is 0 Å². The summed E-state index contributed by atoms with van der Waals surface area (Å²) < 4.78 is 9.76. The molecule has 1 aromatic heterocycles. The molecule has 0 saturated carbocycles. The molecule has 0 aliphatic heterocycles. The highest BCUT2D eigenvalue weighted by molar-refractivity contribution is 5.96. The van der Waals surface area contributed by atoms with Crippen LogP contribution >= 0.6 is 0 Å². The number of furan rings is 1. The molecular formula is C13H8O4. The van der Waals surface area contributed by atoms with E-state index >= 15 is 0 Å². The van der Waals surface area contributed by atoms with E-state index in [-0.39, 0.29) is 5.95 Å². The molecule has 4 heteroatoms. The van der Waals surface area contributed by atoms with E-state index in [9.17, 15) is 4.79 Å².